The Balaban J connectivity index is 1.47. The fourth-order valence-corrected chi connectivity index (χ4v) is 3.77. The summed E-state index contributed by atoms with van der Waals surface area (Å²) in [5.41, 5.74) is 3.55. The van der Waals surface area contributed by atoms with E-state index in [9.17, 15) is 4.79 Å². The molecule has 5 nitrogen and oxygen atoms in total. The Hall–Kier alpha value is -2.57. The zero-order chi connectivity index (χ0) is 17.9. The van der Waals surface area contributed by atoms with E-state index in [0.717, 1.165) is 21.6 Å². The van der Waals surface area contributed by atoms with E-state index >= 15 is 0 Å². The maximum absolute atomic E-state index is 12.2. The standard InChI is InChI=1S/C19H15ClN4OS/c20-14-5-1-4-13(10-14)11-22-17(25)12-26-19-16-7-3-9-24(16)15-6-2-8-21-18(15)23-19/h1-10H,11-12H2,(H,22,25). The fraction of sp³-hybridized carbons (Fsp3) is 0.105. The van der Waals surface area contributed by atoms with Crippen molar-refractivity contribution < 1.29 is 4.79 Å². The topological polar surface area (TPSA) is 59.3 Å². The highest BCUT2D eigenvalue weighted by Crippen LogP contribution is 2.25. The molecule has 4 rings (SSSR count). The number of nitrogens with zero attached hydrogens (tertiary/aromatic N) is 3. The summed E-state index contributed by atoms with van der Waals surface area (Å²) in [6.07, 6.45) is 3.70. The lowest BCUT2D eigenvalue weighted by atomic mass is 10.2. The number of pyridine rings is 1. The van der Waals surface area contributed by atoms with Crippen LogP contribution < -0.4 is 5.32 Å². The molecule has 0 aliphatic heterocycles. The van der Waals surface area contributed by atoms with Gasteiger partial charge in [0.15, 0.2) is 5.65 Å². The van der Waals surface area contributed by atoms with E-state index < -0.39 is 0 Å². The highest BCUT2D eigenvalue weighted by atomic mass is 35.5. The van der Waals surface area contributed by atoms with Crippen LogP contribution in [0.4, 0.5) is 0 Å². The Morgan fingerprint density at radius 1 is 1.15 bits per heavy atom. The summed E-state index contributed by atoms with van der Waals surface area (Å²) in [4.78, 5) is 21.1. The van der Waals surface area contributed by atoms with Gasteiger partial charge in [0, 0.05) is 24.0 Å². The van der Waals surface area contributed by atoms with Crippen LogP contribution in [-0.4, -0.2) is 26.0 Å². The molecule has 0 aliphatic rings. The Bertz CT molecular complexity index is 1100. The number of carbonyl (C=O) groups excluding carboxylic acids is 1. The van der Waals surface area contributed by atoms with Crippen LogP contribution in [0.15, 0.2) is 66.0 Å². The Morgan fingerprint density at radius 3 is 2.92 bits per heavy atom. The molecule has 3 aromatic heterocycles. The minimum atomic E-state index is -0.0531. The lowest BCUT2D eigenvalue weighted by molar-refractivity contribution is -0.118. The van der Waals surface area contributed by atoms with Gasteiger partial charge in [0.1, 0.15) is 5.03 Å². The number of aromatic nitrogens is 3. The average molecular weight is 383 g/mol. The molecule has 0 radical (unpaired) electrons. The van der Waals surface area contributed by atoms with E-state index in [2.05, 4.69) is 15.3 Å². The molecule has 1 amide bonds. The van der Waals surface area contributed by atoms with Gasteiger partial charge in [0.25, 0.3) is 0 Å². The summed E-state index contributed by atoms with van der Waals surface area (Å²) in [6, 6.07) is 15.3. The second-order valence-electron chi connectivity index (χ2n) is 5.72. The first kappa shape index (κ1) is 16.9. The van der Waals surface area contributed by atoms with Crippen LogP contribution in [0, 0.1) is 0 Å². The van der Waals surface area contributed by atoms with E-state index in [4.69, 9.17) is 11.6 Å². The molecule has 7 heteroatoms. The molecule has 0 saturated heterocycles. The molecular weight excluding hydrogens is 368 g/mol. The van der Waals surface area contributed by atoms with Gasteiger partial charge in [-0.15, -0.1) is 0 Å². The zero-order valence-corrected chi connectivity index (χ0v) is 15.3. The van der Waals surface area contributed by atoms with Crippen molar-refractivity contribution in [3.8, 4) is 0 Å². The van der Waals surface area contributed by atoms with Gasteiger partial charge < -0.3 is 9.72 Å². The number of hydrogen-bond acceptors (Lipinski definition) is 4. The lowest BCUT2D eigenvalue weighted by Crippen LogP contribution is -2.24. The van der Waals surface area contributed by atoms with Crippen LogP contribution in [0.2, 0.25) is 5.02 Å². The third-order valence-corrected chi connectivity index (χ3v) is 5.14. The largest absolute Gasteiger partial charge is 0.351 e. The van der Waals surface area contributed by atoms with Crippen molar-refractivity contribution in [1.82, 2.24) is 19.7 Å². The van der Waals surface area contributed by atoms with Gasteiger partial charge in [-0.3, -0.25) is 4.79 Å². The van der Waals surface area contributed by atoms with Crippen LogP contribution in [-0.2, 0) is 11.3 Å². The van der Waals surface area contributed by atoms with Crippen molar-refractivity contribution >= 4 is 46.0 Å². The van der Waals surface area contributed by atoms with Crippen LogP contribution in [0.1, 0.15) is 5.56 Å². The van der Waals surface area contributed by atoms with Gasteiger partial charge in [0.05, 0.1) is 16.8 Å². The minimum Gasteiger partial charge on any atom is -0.351 e. The Labute approximate surface area is 159 Å². The fourth-order valence-electron chi connectivity index (χ4n) is 2.72. The lowest BCUT2D eigenvalue weighted by Gasteiger charge is -2.08. The molecule has 1 aromatic carbocycles. The molecule has 0 bridgehead atoms. The van der Waals surface area contributed by atoms with Crippen LogP contribution in [0.3, 0.4) is 0 Å². The van der Waals surface area contributed by atoms with E-state index in [1.165, 1.54) is 11.8 Å². The van der Waals surface area contributed by atoms with E-state index in [-0.39, 0.29) is 11.7 Å². The minimum absolute atomic E-state index is 0.0531. The number of halogens is 1. The smallest absolute Gasteiger partial charge is 0.230 e. The second kappa shape index (κ2) is 7.35. The molecule has 0 atom stereocenters. The third-order valence-electron chi connectivity index (χ3n) is 3.92. The van der Waals surface area contributed by atoms with Crippen molar-refractivity contribution in [3.63, 3.8) is 0 Å². The van der Waals surface area contributed by atoms with Gasteiger partial charge in [-0.2, -0.15) is 0 Å². The van der Waals surface area contributed by atoms with E-state index in [1.807, 2.05) is 59.1 Å². The molecular formula is C19H15ClN4OS. The van der Waals surface area contributed by atoms with E-state index in [1.54, 1.807) is 6.20 Å². The van der Waals surface area contributed by atoms with Crippen molar-refractivity contribution in [1.29, 1.82) is 0 Å². The summed E-state index contributed by atoms with van der Waals surface area (Å²) in [5, 5.41) is 4.36. The summed E-state index contributed by atoms with van der Waals surface area (Å²) >= 11 is 7.37. The second-order valence-corrected chi connectivity index (χ2v) is 7.12. The molecule has 4 aromatic rings. The molecule has 130 valence electrons. The van der Waals surface area contributed by atoms with Gasteiger partial charge >= 0.3 is 0 Å². The SMILES string of the molecule is O=C(CSc1nc2ncccc2n2cccc12)NCc1cccc(Cl)c1. The molecule has 0 aliphatic carbocycles. The molecule has 0 unspecified atom stereocenters. The van der Waals surface area contributed by atoms with Crippen molar-refractivity contribution in [3.05, 3.63) is 71.5 Å². The molecule has 1 N–H and O–H groups in total. The highest BCUT2D eigenvalue weighted by Gasteiger charge is 2.11. The number of nitrogens with one attached hydrogen (secondary N) is 1. The monoisotopic (exact) mass is 382 g/mol. The molecule has 0 saturated carbocycles. The predicted molar refractivity (Wildman–Crippen MR) is 105 cm³/mol. The molecule has 0 spiro atoms. The molecule has 3 heterocycles. The van der Waals surface area contributed by atoms with Crippen LogP contribution >= 0.6 is 23.4 Å². The number of fused-ring (bicyclic) bond motifs is 3. The van der Waals surface area contributed by atoms with Crippen molar-refractivity contribution in [2.45, 2.75) is 11.6 Å². The summed E-state index contributed by atoms with van der Waals surface area (Å²) in [7, 11) is 0. The van der Waals surface area contributed by atoms with Crippen molar-refractivity contribution in [2.75, 3.05) is 5.75 Å². The normalized spacial score (nSPS) is 11.1. The van der Waals surface area contributed by atoms with Crippen LogP contribution in [0.5, 0.6) is 0 Å². The quantitative estimate of drug-likeness (QED) is 0.531. The summed E-state index contributed by atoms with van der Waals surface area (Å²) in [5.74, 6) is 0.231. The number of amides is 1. The van der Waals surface area contributed by atoms with Crippen LogP contribution in [0.25, 0.3) is 16.7 Å². The number of carbonyl (C=O) groups is 1. The average Bonchev–Trinajstić information content (AvgIpc) is 3.15. The number of thioether (sulfide) groups is 1. The predicted octanol–water partition coefficient (Wildman–Crippen LogP) is 3.94. The van der Waals surface area contributed by atoms with Gasteiger partial charge in [-0.05, 0) is 42.0 Å². The first-order valence-corrected chi connectivity index (χ1v) is 9.43. The molecule has 26 heavy (non-hydrogen) atoms. The van der Waals surface area contributed by atoms with E-state index in [0.29, 0.717) is 17.2 Å². The Kier molecular flexibility index (Phi) is 4.77. The molecule has 0 fully saturated rings. The van der Waals surface area contributed by atoms with Gasteiger partial charge in [0.2, 0.25) is 5.91 Å². The maximum atomic E-state index is 12.2. The number of rotatable bonds is 5. The summed E-state index contributed by atoms with van der Waals surface area (Å²) < 4.78 is 2.04. The van der Waals surface area contributed by atoms with Crippen molar-refractivity contribution in [2.24, 2.45) is 0 Å². The maximum Gasteiger partial charge on any atom is 0.230 e. The first-order valence-electron chi connectivity index (χ1n) is 8.06. The number of hydrogen-bond donors (Lipinski definition) is 1. The van der Waals surface area contributed by atoms with Gasteiger partial charge in [-0.1, -0.05) is 35.5 Å². The third kappa shape index (κ3) is 3.52. The van der Waals surface area contributed by atoms with Gasteiger partial charge in [-0.25, -0.2) is 9.97 Å². The first-order chi connectivity index (χ1) is 12.7. The Morgan fingerprint density at radius 2 is 2.04 bits per heavy atom. The highest BCUT2D eigenvalue weighted by molar-refractivity contribution is 8.00. The number of benzene rings is 1. The summed E-state index contributed by atoms with van der Waals surface area (Å²) in [6.45, 7) is 0.452. The zero-order valence-electron chi connectivity index (χ0n) is 13.7.